The molecule has 0 fully saturated rings. The molecule has 0 bridgehead atoms. The van der Waals surface area contributed by atoms with Crippen molar-refractivity contribution in [2.24, 2.45) is 0 Å². The van der Waals surface area contributed by atoms with Gasteiger partial charge in [-0.2, -0.15) is 22.9 Å². The molecule has 0 spiro atoms. The van der Waals surface area contributed by atoms with Crippen LogP contribution in [0, 0.1) is 11.9 Å². The van der Waals surface area contributed by atoms with E-state index in [2.05, 4.69) is 25.9 Å². The quantitative estimate of drug-likeness (QED) is 0.205. The summed E-state index contributed by atoms with van der Waals surface area (Å²) in [5.41, 5.74) is -0.520. The van der Waals surface area contributed by atoms with Crippen LogP contribution in [0.2, 0.25) is 0 Å². The van der Waals surface area contributed by atoms with Crippen molar-refractivity contribution in [3.8, 4) is 5.75 Å². The molecule has 1 heterocycles. The molecule has 8 nitrogen and oxygen atoms in total. The van der Waals surface area contributed by atoms with E-state index < -0.39 is 34.8 Å². The number of benzene rings is 2. The third kappa shape index (κ3) is 6.82. The molecule has 38 heavy (non-hydrogen) atoms. The number of aromatic nitrogens is 2. The fraction of sp³-hybridized carbons (Fsp3) is 0.308. The lowest BCUT2D eigenvalue weighted by molar-refractivity contribution is -0.137. The van der Waals surface area contributed by atoms with Gasteiger partial charge in [-0.1, -0.05) is 12.1 Å². The van der Waals surface area contributed by atoms with Gasteiger partial charge in [-0.25, -0.2) is 9.37 Å². The normalized spacial score (nSPS) is 11.2. The van der Waals surface area contributed by atoms with Gasteiger partial charge >= 0.3 is 6.18 Å². The van der Waals surface area contributed by atoms with Crippen molar-refractivity contribution in [1.82, 2.24) is 15.3 Å². The minimum Gasteiger partial charge on any atom is -0.495 e. The highest BCUT2D eigenvalue weighted by molar-refractivity contribution is 6.00. The van der Waals surface area contributed by atoms with Crippen molar-refractivity contribution in [2.75, 3.05) is 31.4 Å². The lowest BCUT2D eigenvalue weighted by Crippen LogP contribution is -2.21. The summed E-state index contributed by atoms with van der Waals surface area (Å²) in [7, 11) is 2.74. The van der Waals surface area contributed by atoms with E-state index in [-0.39, 0.29) is 11.6 Å². The number of nitrogens with one attached hydrogen (secondary N) is 3. The van der Waals surface area contributed by atoms with Crippen LogP contribution in [0.1, 0.15) is 41.8 Å². The molecule has 0 aliphatic carbocycles. The zero-order chi connectivity index (χ0) is 27.9. The van der Waals surface area contributed by atoms with Gasteiger partial charge in [-0.3, -0.25) is 4.79 Å². The second kappa shape index (κ2) is 12.5. The molecule has 0 radical (unpaired) electrons. The highest BCUT2D eigenvalue weighted by Gasteiger charge is 2.36. The molecule has 0 saturated heterocycles. The number of ether oxygens (including phenoxy) is 2. The standard InChI is InChI=1S/C26H27F4N5O3/c1-5-16(38-6-2)12-15-10-11-19(21(13-15)37-4)34-25-32-14-17(26(28,29)30)23(35-25)33-20-9-7-8-18(27)22(20)24(36)31-3/h7-11,13-14H,5-6,12H2,1-4H3,(H2-,31,32,33,34,35,36)/p+1. The van der Waals surface area contributed by atoms with E-state index in [0.29, 0.717) is 30.7 Å². The molecule has 0 atom stereocenters. The first-order valence-corrected chi connectivity index (χ1v) is 11.7. The zero-order valence-corrected chi connectivity index (χ0v) is 21.3. The molecule has 12 heteroatoms. The molecular formula is C26H28F4N5O3+. The number of hydrogen-bond acceptors (Lipinski definition) is 7. The average molecular weight is 535 g/mol. The van der Waals surface area contributed by atoms with E-state index in [1.54, 1.807) is 12.1 Å². The van der Waals surface area contributed by atoms with Crippen molar-refractivity contribution in [2.45, 2.75) is 32.9 Å². The summed E-state index contributed by atoms with van der Waals surface area (Å²) >= 11 is 0. The lowest BCUT2D eigenvalue weighted by Gasteiger charge is -2.17. The molecule has 0 saturated carbocycles. The van der Waals surface area contributed by atoms with Gasteiger partial charge in [0.25, 0.3) is 5.91 Å². The fourth-order valence-corrected chi connectivity index (χ4v) is 3.64. The molecule has 1 amide bonds. The minimum absolute atomic E-state index is 0.181. The Bertz CT molecular complexity index is 1270. The van der Waals surface area contributed by atoms with E-state index in [1.807, 2.05) is 19.9 Å². The Morgan fingerprint density at radius 3 is 2.50 bits per heavy atom. The second-order valence-electron chi connectivity index (χ2n) is 7.98. The van der Waals surface area contributed by atoms with Crippen molar-refractivity contribution >= 4 is 29.0 Å². The van der Waals surface area contributed by atoms with Crippen molar-refractivity contribution in [1.29, 1.82) is 0 Å². The summed E-state index contributed by atoms with van der Waals surface area (Å²) in [6.07, 6.45) is -1.99. The number of methoxy groups -OCH3 is 1. The first-order chi connectivity index (χ1) is 18.1. The number of nitrogens with zero attached hydrogens (tertiary/aromatic N) is 2. The maximum absolute atomic E-state index is 14.4. The van der Waals surface area contributed by atoms with E-state index in [4.69, 9.17) is 9.47 Å². The Morgan fingerprint density at radius 2 is 1.87 bits per heavy atom. The van der Waals surface area contributed by atoms with E-state index in [1.165, 1.54) is 26.3 Å². The molecule has 202 valence electrons. The first kappa shape index (κ1) is 28.5. The molecular weight excluding hydrogens is 506 g/mol. The van der Waals surface area contributed by atoms with Crippen LogP contribution in [0.3, 0.4) is 0 Å². The minimum atomic E-state index is -4.82. The Balaban J connectivity index is 1.96. The van der Waals surface area contributed by atoms with Crippen LogP contribution in [-0.4, -0.2) is 36.6 Å². The number of carbonyl (C=O) groups is 1. The highest BCUT2D eigenvalue weighted by atomic mass is 19.4. The summed E-state index contributed by atoms with van der Waals surface area (Å²) in [4.78, 5) is 20.0. The average Bonchev–Trinajstić information content (AvgIpc) is 2.88. The fourth-order valence-electron chi connectivity index (χ4n) is 3.64. The lowest BCUT2D eigenvalue weighted by atomic mass is 10.1. The predicted octanol–water partition coefficient (Wildman–Crippen LogP) is 6.01. The van der Waals surface area contributed by atoms with Crippen molar-refractivity contribution in [3.05, 3.63) is 71.2 Å². The van der Waals surface area contributed by atoms with Gasteiger partial charge in [-0.05, 0) is 38.1 Å². The van der Waals surface area contributed by atoms with Crippen molar-refractivity contribution < 1.29 is 31.8 Å². The summed E-state index contributed by atoms with van der Waals surface area (Å²) in [6, 6.07) is 8.86. The number of anilines is 4. The molecule has 0 aliphatic heterocycles. The van der Waals surface area contributed by atoms with Crippen LogP contribution >= 0.6 is 0 Å². The first-order valence-electron chi connectivity index (χ1n) is 11.7. The summed E-state index contributed by atoms with van der Waals surface area (Å²) in [6.45, 7) is 4.46. The summed E-state index contributed by atoms with van der Waals surface area (Å²) < 4.78 is 66.7. The molecule has 0 aliphatic rings. The van der Waals surface area contributed by atoms with E-state index in [9.17, 15) is 22.4 Å². The molecule has 3 N–H and O–H groups in total. The topological polar surface area (TPSA) is 97.4 Å². The predicted molar refractivity (Wildman–Crippen MR) is 135 cm³/mol. The zero-order valence-electron chi connectivity index (χ0n) is 21.3. The Morgan fingerprint density at radius 1 is 1.11 bits per heavy atom. The van der Waals surface area contributed by atoms with Crippen LogP contribution in [0.5, 0.6) is 5.75 Å². The van der Waals surface area contributed by atoms with Gasteiger partial charge in [0, 0.05) is 18.8 Å². The van der Waals surface area contributed by atoms with Gasteiger partial charge in [0.05, 0.1) is 30.7 Å². The maximum atomic E-state index is 14.4. The molecule has 3 rings (SSSR count). The molecule has 2 aromatic carbocycles. The van der Waals surface area contributed by atoms with Gasteiger partial charge in [0.1, 0.15) is 35.8 Å². The summed E-state index contributed by atoms with van der Waals surface area (Å²) in [5.74, 6) is -2.16. The third-order valence-electron chi connectivity index (χ3n) is 5.47. The number of amides is 1. The smallest absolute Gasteiger partial charge is 0.421 e. The number of alkyl halides is 3. The maximum Gasteiger partial charge on any atom is 0.421 e. The second-order valence-corrected chi connectivity index (χ2v) is 7.98. The Hall–Kier alpha value is -4.06. The Labute approximate surface area is 217 Å². The number of rotatable bonds is 11. The number of halogens is 4. The highest BCUT2D eigenvalue weighted by Crippen LogP contribution is 2.37. The van der Waals surface area contributed by atoms with Crippen molar-refractivity contribution in [3.63, 3.8) is 0 Å². The van der Waals surface area contributed by atoms with Crippen LogP contribution in [0.15, 0.2) is 42.6 Å². The number of hydrogen-bond donors (Lipinski definition) is 3. The monoisotopic (exact) mass is 534 g/mol. The third-order valence-corrected chi connectivity index (χ3v) is 5.47. The van der Waals surface area contributed by atoms with Crippen LogP contribution in [-0.2, 0) is 17.3 Å². The summed E-state index contributed by atoms with van der Waals surface area (Å²) in [5, 5.41) is 7.58. The molecule has 1 aromatic heterocycles. The Kier molecular flexibility index (Phi) is 9.35. The van der Waals surface area contributed by atoms with Gasteiger partial charge in [0.2, 0.25) is 12.1 Å². The van der Waals surface area contributed by atoms with E-state index >= 15 is 0 Å². The number of carbonyl (C=O) groups excluding carboxylic acids is 1. The van der Waals surface area contributed by atoms with Gasteiger partial charge < -0.3 is 20.7 Å². The van der Waals surface area contributed by atoms with Crippen LogP contribution in [0.25, 0.3) is 0 Å². The van der Waals surface area contributed by atoms with Gasteiger partial charge in [-0.15, -0.1) is 0 Å². The SMILES string of the molecule is CCO[C+](CC)Cc1ccc(Nc2ncc(C(F)(F)F)c(Nc3cccc(F)c3C(=O)NC)n2)c(OC)c1. The van der Waals surface area contributed by atoms with Gasteiger partial charge in [0.15, 0.2) is 0 Å². The van der Waals surface area contributed by atoms with Crippen LogP contribution < -0.4 is 20.7 Å². The molecule has 3 aromatic rings. The van der Waals surface area contributed by atoms with Crippen LogP contribution in [0.4, 0.5) is 40.7 Å². The van der Waals surface area contributed by atoms with E-state index in [0.717, 1.165) is 24.2 Å². The molecule has 0 unspecified atom stereocenters. The largest absolute Gasteiger partial charge is 0.495 e.